The molecule has 130 valence electrons. The van der Waals surface area contributed by atoms with Gasteiger partial charge in [-0.25, -0.2) is 4.99 Å². The highest BCUT2D eigenvalue weighted by molar-refractivity contribution is 14.0. The average Bonchev–Trinajstić information content (AvgIpc) is 2.51. The molecule has 0 amide bonds. The summed E-state index contributed by atoms with van der Waals surface area (Å²) < 4.78 is 5.06. The molecule has 0 aliphatic carbocycles. The summed E-state index contributed by atoms with van der Waals surface area (Å²) in [5, 5.41) is 13.2. The molecule has 1 aromatic carbocycles. The highest BCUT2D eigenvalue weighted by Gasteiger charge is 2.19. The summed E-state index contributed by atoms with van der Waals surface area (Å²) >= 11 is 0. The molecular weight excluding hydrogens is 405 g/mol. The van der Waals surface area contributed by atoms with E-state index in [1.54, 1.807) is 19.2 Å². The van der Waals surface area contributed by atoms with E-state index in [0.717, 1.165) is 31.2 Å². The van der Waals surface area contributed by atoms with Crippen molar-refractivity contribution in [3.05, 3.63) is 23.8 Å². The highest BCUT2D eigenvalue weighted by Crippen LogP contribution is 2.26. The quantitative estimate of drug-likeness (QED) is 0.435. The van der Waals surface area contributed by atoms with E-state index < -0.39 is 0 Å². The SMILES string of the molecule is CCNC(=NCc1ccc(OC)c(O)c1)N1CCCC(C)C1.I. The van der Waals surface area contributed by atoms with Gasteiger partial charge in [-0.05, 0) is 43.4 Å². The average molecular weight is 433 g/mol. The molecule has 0 bridgehead atoms. The normalized spacial score (nSPS) is 18.3. The van der Waals surface area contributed by atoms with Crippen LogP contribution in [0.4, 0.5) is 0 Å². The van der Waals surface area contributed by atoms with Gasteiger partial charge >= 0.3 is 0 Å². The summed E-state index contributed by atoms with van der Waals surface area (Å²) in [4.78, 5) is 7.05. The Morgan fingerprint density at radius 1 is 1.48 bits per heavy atom. The Labute approximate surface area is 156 Å². The van der Waals surface area contributed by atoms with Gasteiger partial charge < -0.3 is 20.1 Å². The zero-order valence-electron chi connectivity index (χ0n) is 14.2. The van der Waals surface area contributed by atoms with Gasteiger partial charge in [0.2, 0.25) is 0 Å². The van der Waals surface area contributed by atoms with Crippen LogP contribution in [0.25, 0.3) is 0 Å². The van der Waals surface area contributed by atoms with E-state index in [0.29, 0.717) is 18.2 Å². The van der Waals surface area contributed by atoms with Crippen LogP contribution in [-0.4, -0.2) is 42.7 Å². The summed E-state index contributed by atoms with van der Waals surface area (Å²) in [5.41, 5.74) is 0.971. The van der Waals surface area contributed by atoms with Crippen LogP contribution < -0.4 is 10.1 Å². The Kier molecular flexibility index (Phi) is 8.51. The third-order valence-electron chi connectivity index (χ3n) is 3.95. The van der Waals surface area contributed by atoms with Gasteiger partial charge in [0.15, 0.2) is 17.5 Å². The Balaban J connectivity index is 0.00000264. The summed E-state index contributed by atoms with van der Waals surface area (Å²) in [6.07, 6.45) is 2.51. The summed E-state index contributed by atoms with van der Waals surface area (Å²) in [7, 11) is 1.55. The van der Waals surface area contributed by atoms with Gasteiger partial charge in [0.05, 0.1) is 13.7 Å². The van der Waals surface area contributed by atoms with Crippen molar-refractivity contribution in [2.24, 2.45) is 10.9 Å². The van der Waals surface area contributed by atoms with Gasteiger partial charge in [0, 0.05) is 19.6 Å². The van der Waals surface area contributed by atoms with Crippen LogP contribution in [0.3, 0.4) is 0 Å². The molecule has 0 spiro atoms. The fraction of sp³-hybridized carbons (Fsp3) is 0.588. The minimum atomic E-state index is 0. The van der Waals surface area contributed by atoms with Crippen molar-refractivity contribution in [3.8, 4) is 11.5 Å². The van der Waals surface area contributed by atoms with E-state index in [4.69, 9.17) is 9.73 Å². The number of ether oxygens (including phenoxy) is 1. The number of halogens is 1. The summed E-state index contributed by atoms with van der Waals surface area (Å²) in [6, 6.07) is 5.42. The smallest absolute Gasteiger partial charge is 0.194 e. The monoisotopic (exact) mass is 433 g/mol. The maximum absolute atomic E-state index is 9.84. The van der Waals surface area contributed by atoms with E-state index in [1.165, 1.54) is 12.8 Å². The topological polar surface area (TPSA) is 57.1 Å². The Morgan fingerprint density at radius 2 is 2.26 bits per heavy atom. The second-order valence-electron chi connectivity index (χ2n) is 5.87. The number of aliphatic imine (C=N–C) groups is 1. The number of likely N-dealkylation sites (tertiary alicyclic amines) is 1. The third-order valence-corrected chi connectivity index (χ3v) is 3.95. The van der Waals surface area contributed by atoms with Crippen LogP contribution in [-0.2, 0) is 6.54 Å². The molecule has 1 unspecified atom stereocenters. The molecule has 0 aromatic heterocycles. The first-order chi connectivity index (χ1) is 10.6. The Morgan fingerprint density at radius 3 is 2.87 bits per heavy atom. The maximum atomic E-state index is 9.84. The van der Waals surface area contributed by atoms with E-state index in [2.05, 4.69) is 24.1 Å². The fourth-order valence-corrected chi connectivity index (χ4v) is 2.81. The number of aromatic hydroxyl groups is 1. The third kappa shape index (κ3) is 5.75. The number of nitrogens with zero attached hydrogens (tertiary/aromatic N) is 2. The first-order valence-corrected chi connectivity index (χ1v) is 8.03. The van der Waals surface area contributed by atoms with Crippen molar-refractivity contribution in [3.63, 3.8) is 0 Å². The first-order valence-electron chi connectivity index (χ1n) is 8.03. The van der Waals surface area contributed by atoms with E-state index in [9.17, 15) is 5.11 Å². The number of nitrogens with one attached hydrogen (secondary N) is 1. The Hall–Kier alpha value is -1.18. The van der Waals surface area contributed by atoms with Crippen molar-refractivity contribution < 1.29 is 9.84 Å². The zero-order valence-corrected chi connectivity index (χ0v) is 16.5. The number of hydrogen-bond acceptors (Lipinski definition) is 3. The molecule has 1 aromatic rings. The molecule has 1 saturated heterocycles. The van der Waals surface area contributed by atoms with Gasteiger partial charge in [-0.2, -0.15) is 0 Å². The molecule has 1 heterocycles. The van der Waals surface area contributed by atoms with Crippen LogP contribution in [0.15, 0.2) is 23.2 Å². The number of hydrogen-bond donors (Lipinski definition) is 2. The Bertz CT molecular complexity index is 523. The molecule has 5 nitrogen and oxygen atoms in total. The van der Waals surface area contributed by atoms with Gasteiger partial charge in [-0.15, -0.1) is 24.0 Å². The van der Waals surface area contributed by atoms with E-state index in [1.807, 2.05) is 6.07 Å². The van der Waals surface area contributed by atoms with Crippen LogP contribution >= 0.6 is 24.0 Å². The number of phenols is 1. The largest absolute Gasteiger partial charge is 0.504 e. The zero-order chi connectivity index (χ0) is 15.9. The van der Waals surface area contributed by atoms with E-state index >= 15 is 0 Å². The lowest BCUT2D eigenvalue weighted by Crippen LogP contribution is -2.46. The van der Waals surface area contributed by atoms with Crippen molar-refractivity contribution in [2.45, 2.75) is 33.2 Å². The molecule has 23 heavy (non-hydrogen) atoms. The van der Waals surface area contributed by atoms with E-state index in [-0.39, 0.29) is 29.7 Å². The lowest BCUT2D eigenvalue weighted by atomic mass is 10.0. The lowest BCUT2D eigenvalue weighted by Gasteiger charge is -2.33. The van der Waals surface area contributed by atoms with Crippen molar-refractivity contribution in [1.29, 1.82) is 0 Å². The molecule has 2 N–H and O–H groups in total. The second-order valence-corrected chi connectivity index (χ2v) is 5.87. The minimum Gasteiger partial charge on any atom is -0.504 e. The predicted octanol–water partition coefficient (Wildman–Crippen LogP) is 3.22. The molecule has 1 atom stereocenters. The molecular formula is C17H28IN3O2. The van der Waals surface area contributed by atoms with Gasteiger partial charge in [0.1, 0.15) is 0 Å². The number of guanidine groups is 1. The molecule has 6 heteroatoms. The van der Waals surface area contributed by atoms with Crippen LogP contribution in [0.2, 0.25) is 0 Å². The number of piperidine rings is 1. The number of methoxy groups -OCH3 is 1. The molecule has 1 aliphatic heterocycles. The van der Waals surface area contributed by atoms with Gasteiger partial charge in [0.25, 0.3) is 0 Å². The van der Waals surface area contributed by atoms with Crippen molar-refractivity contribution >= 4 is 29.9 Å². The van der Waals surface area contributed by atoms with Crippen molar-refractivity contribution in [1.82, 2.24) is 10.2 Å². The molecule has 0 saturated carbocycles. The number of benzene rings is 1. The van der Waals surface area contributed by atoms with Crippen molar-refractivity contribution in [2.75, 3.05) is 26.7 Å². The van der Waals surface area contributed by atoms with Crippen LogP contribution in [0.1, 0.15) is 32.3 Å². The lowest BCUT2D eigenvalue weighted by molar-refractivity contribution is 0.266. The number of rotatable bonds is 4. The standard InChI is InChI=1S/C17H27N3O2.HI/c1-4-18-17(20-9-5-6-13(2)12-20)19-11-14-7-8-16(22-3)15(21)10-14;/h7-8,10,13,21H,4-6,9,11-12H2,1-3H3,(H,18,19);1H. The first kappa shape index (κ1) is 19.9. The second kappa shape index (κ2) is 9.85. The predicted molar refractivity (Wildman–Crippen MR) is 105 cm³/mol. The maximum Gasteiger partial charge on any atom is 0.194 e. The molecule has 0 radical (unpaired) electrons. The highest BCUT2D eigenvalue weighted by atomic mass is 127. The molecule has 1 fully saturated rings. The molecule has 2 rings (SSSR count). The molecule has 1 aliphatic rings. The van der Waals surface area contributed by atoms with Gasteiger partial charge in [-0.3, -0.25) is 0 Å². The summed E-state index contributed by atoms with van der Waals surface area (Å²) in [6.45, 7) is 7.89. The van der Waals surface area contributed by atoms with Crippen LogP contribution in [0.5, 0.6) is 11.5 Å². The fourth-order valence-electron chi connectivity index (χ4n) is 2.81. The number of phenolic OH excluding ortho intramolecular Hbond substituents is 1. The van der Waals surface area contributed by atoms with Crippen LogP contribution in [0, 0.1) is 5.92 Å². The summed E-state index contributed by atoms with van der Waals surface area (Å²) in [5.74, 6) is 2.32. The minimum absolute atomic E-state index is 0. The van der Waals surface area contributed by atoms with Gasteiger partial charge in [-0.1, -0.05) is 13.0 Å².